The minimum atomic E-state index is -0.602. The first-order valence-corrected chi connectivity index (χ1v) is 12.5. The maximum absolute atomic E-state index is 12.9. The number of H-pyrrole nitrogens is 1. The number of benzene rings is 1. The minimum Gasteiger partial charge on any atom is -0.481 e. The van der Waals surface area contributed by atoms with Crippen LogP contribution < -0.4 is 0 Å². The summed E-state index contributed by atoms with van der Waals surface area (Å²) in [5.74, 6) is -0.421. The fourth-order valence-electron chi connectivity index (χ4n) is 5.72. The number of hydrogen-bond acceptors (Lipinski definition) is 3. The summed E-state index contributed by atoms with van der Waals surface area (Å²) in [7, 11) is 2.15. The zero-order valence-electron chi connectivity index (χ0n) is 20.1. The fraction of sp³-hybridized carbons (Fsp3) is 0.556. The van der Waals surface area contributed by atoms with E-state index in [0.717, 1.165) is 51.7 Å². The number of nitrogens with zero attached hydrogens (tertiary/aromatic N) is 2. The summed E-state index contributed by atoms with van der Waals surface area (Å²) in [6.45, 7) is 6.47. The van der Waals surface area contributed by atoms with Crippen molar-refractivity contribution in [1.29, 1.82) is 0 Å². The van der Waals surface area contributed by atoms with Gasteiger partial charge in [-0.2, -0.15) is 0 Å². The topological polar surface area (TPSA) is 76.6 Å². The lowest BCUT2D eigenvalue weighted by atomic mass is 9.79. The predicted molar refractivity (Wildman–Crippen MR) is 132 cm³/mol. The molecule has 2 aliphatic carbocycles. The van der Waals surface area contributed by atoms with E-state index in [9.17, 15) is 9.59 Å². The summed E-state index contributed by atoms with van der Waals surface area (Å²) < 4.78 is 0. The van der Waals surface area contributed by atoms with Gasteiger partial charge in [0.15, 0.2) is 0 Å². The number of rotatable bonds is 4. The van der Waals surface area contributed by atoms with Crippen molar-refractivity contribution in [3.05, 3.63) is 41.6 Å². The number of amides is 1. The summed E-state index contributed by atoms with van der Waals surface area (Å²) >= 11 is 0. The van der Waals surface area contributed by atoms with Crippen molar-refractivity contribution in [3.63, 3.8) is 0 Å². The van der Waals surface area contributed by atoms with Gasteiger partial charge in [-0.15, -0.1) is 0 Å². The molecule has 0 unspecified atom stereocenters. The van der Waals surface area contributed by atoms with Crippen LogP contribution in [0.5, 0.6) is 0 Å². The van der Waals surface area contributed by atoms with E-state index in [1.54, 1.807) is 0 Å². The highest BCUT2D eigenvalue weighted by Crippen LogP contribution is 2.40. The molecule has 5 rings (SSSR count). The Balaban J connectivity index is 0.000000243. The molecule has 178 valence electrons. The van der Waals surface area contributed by atoms with Crippen LogP contribution in [0.4, 0.5) is 0 Å². The third-order valence-corrected chi connectivity index (χ3v) is 7.61. The number of nitrogens with one attached hydrogen (secondary N) is 1. The lowest BCUT2D eigenvalue weighted by Crippen LogP contribution is -2.47. The van der Waals surface area contributed by atoms with Crippen LogP contribution in [-0.2, 0) is 16.0 Å². The largest absolute Gasteiger partial charge is 0.481 e. The van der Waals surface area contributed by atoms with Crippen LogP contribution in [0, 0.1) is 11.8 Å². The van der Waals surface area contributed by atoms with Crippen LogP contribution in [0.2, 0.25) is 0 Å². The van der Waals surface area contributed by atoms with E-state index in [1.807, 2.05) is 4.90 Å². The maximum atomic E-state index is 12.9. The number of fused-ring (bicyclic) bond motifs is 2. The summed E-state index contributed by atoms with van der Waals surface area (Å²) in [5.41, 5.74) is 5.21. The van der Waals surface area contributed by atoms with E-state index in [0.29, 0.717) is 6.04 Å². The molecule has 1 amide bonds. The van der Waals surface area contributed by atoms with Crippen molar-refractivity contribution in [3.8, 4) is 0 Å². The second-order valence-corrected chi connectivity index (χ2v) is 9.61. The number of hydrogen-bond donors (Lipinski definition) is 2. The number of carboxylic acids is 1. The summed E-state index contributed by atoms with van der Waals surface area (Å²) in [6.07, 6.45) is 10.6. The van der Waals surface area contributed by atoms with E-state index in [2.05, 4.69) is 61.3 Å². The van der Waals surface area contributed by atoms with Crippen molar-refractivity contribution in [2.24, 2.45) is 11.8 Å². The fourth-order valence-corrected chi connectivity index (χ4v) is 5.72. The highest BCUT2D eigenvalue weighted by atomic mass is 16.4. The lowest BCUT2D eigenvalue weighted by molar-refractivity contribution is -0.142. The van der Waals surface area contributed by atoms with Gasteiger partial charge < -0.3 is 15.0 Å². The third kappa shape index (κ3) is 4.72. The summed E-state index contributed by atoms with van der Waals surface area (Å²) in [6, 6.07) is 6.82. The number of carbonyl (C=O) groups is 2. The number of aromatic nitrogens is 1. The standard InChI is InChI=1S/C20H25N3O.C7H12O2/c1-4-23(5-2)20(24)14-9-16-15-7-6-8-17-19(15)13(11-21-17)10-18(16)22(3)12-14;8-7(9)6-4-2-1-3-5-6/h6-9,11,14,18,21H,4-5,10,12H2,1-3H3;6H,1-5H2,(H,8,9)/t14-,18-;/m1./s1. The molecule has 33 heavy (non-hydrogen) atoms. The highest BCUT2D eigenvalue weighted by molar-refractivity contribution is 5.99. The van der Waals surface area contributed by atoms with Crippen LogP contribution in [0.3, 0.4) is 0 Å². The van der Waals surface area contributed by atoms with Gasteiger partial charge in [-0.25, -0.2) is 0 Å². The Hall–Kier alpha value is -2.60. The first-order valence-electron chi connectivity index (χ1n) is 12.5. The van der Waals surface area contributed by atoms with Gasteiger partial charge in [0.25, 0.3) is 0 Å². The Bertz CT molecular complexity index is 1030. The first-order chi connectivity index (χ1) is 15.9. The maximum Gasteiger partial charge on any atom is 0.306 e. The molecule has 3 aliphatic rings. The molecule has 6 heteroatoms. The van der Waals surface area contributed by atoms with Crippen LogP contribution in [-0.4, -0.2) is 64.5 Å². The second kappa shape index (κ2) is 10.1. The van der Waals surface area contributed by atoms with E-state index >= 15 is 0 Å². The number of carbonyl (C=O) groups excluding carboxylic acids is 1. The van der Waals surface area contributed by atoms with E-state index in [1.165, 1.54) is 34.0 Å². The molecule has 0 radical (unpaired) electrons. The molecule has 2 N–H and O–H groups in total. The third-order valence-electron chi connectivity index (χ3n) is 7.61. The number of aromatic amines is 1. The molecule has 1 aromatic heterocycles. The summed E-state index contributed by atoms with van der Waals surface area (Å²) in [5, 5.41) is 9.88. The molecule has 1 aliphatic heterocycles. The monoisotopic (exact) mass is 451 g/mol. The minimum absolute atomic E-state index is 0.0289. The average Bonchev–Trinajstić information content (AvgIpc) is 3.25. The SMILES string of the molecule is CCN(CC)C(=O)[C@@H]1C=C2c3cccc4[nH]cc(c34)C[C@H]2N(C)C1.O=C(O)C1CCCCC1. The molecule has 2 heterocycles. The Morgan fingerprint density at radius 1 is 1.15 bits per heavy atom. The zero-order chi connectivity index (χ0) is 23.5. The molecule has 0 spiro atoms. The zero-order valence-corrected chi connectivity index (χ0v) is 20.1. The van der Waals surface area contributed by atoms with Crippen molar-refractivity contribution >= 4 is 28.4 Å². The van der Waals surface area contributed by atoms with E-state index in [-0.39, 0.29) is 17.7 Å². The summed E-state index contributed by atoms with van der Waals surface area (Å²) in [4.78, 5) is 30.9. The number of likely N-dealkylation sites (N-methyl/N-ethyl adjacent to an activating group) is 1. The van der Waals surface area contributed by atoms with Gasteiger partial charge in [0.1, 0.15) is 0 Å². The molecule has 1 aromatic carbocycles. The average molecular weight is 452 g/mol. The van der Waals surface area contributed by atoms with E-state index < -0.39 is 5.97 Å². The number of carboxylic acid groups (broad SMARTS) is 1. The van der Waals surface area contributed by atoms with Crippen molar-refractivity contribution < 1.29 is 14.7 Å². The van der Waals surface area contributed by atoms with Gasteiger partial charge >= 0.3 is 5.97 Å². The normalized spacial score (nSPS) is 22.7. The second-order valence-electron chi connectivity index (χ2n) is 9.61. The molecule has 2 aromatic rings. The van der Waals surface area contributed by atoms with Gasteiger partial charge in [0.2, 0.25) is 5.91 Å². The first kappa shape index (κ1) is 23.6. The van der Waals surface area contributed by atoms with Gasteiger partial charge in [-0.3, -0.25) is 14.5 Å². The van der Waals surface area contributed by atoms with Crippen LogP contribution in [0.25, 0.3) is 16.5 Å². The molecule has 6 nitrogen and oxygen atoms in total. The molecular weight excluding hydrogens is 414 g/mol. The van der Waals surface area contributed by atoms with Crippen LogP contribution in [0.15, 0.2) is 30.5 Å². The predicted octanol–water partition coefficient (Wildman–Crippen LogP) is 4.56. The molecule has 1 saturated carbocycles. The van der Waals surface area contributed by atoms with Crippen LogP contribution >= 0.6 is 0 Å². The Kier molecular flexibility index (Phi) is 7.23. The number of aliphatic carboxylic acids is 1. The Morgan fingerprint density at radius 3 is 2.52 bits per heavy atom. The van der Waals surface area contributed by atoms with E-state index in [4.69, 9.17) is 5.11 Å². The molecule has 1 fully saturated rings. The molecular formula is C27H37N3O3. The highest BCUT2D eigenvalue weighted by Gasteiger charge is 2.36. The Morgan fingerprint density at radius 2 is 1.88 bits per heavy atom. The van der Waals surface area contributed by atoms with Gasteiger partial charge in [-0.1, -0.05) is 37.5 Å². The smallest absolute Gasteiger partial charge is 0.306 e. The quantitative estimate of drug-likeness (QED) is 0.715. The molecule has 2 atom stereocenters. The van der Waals surface area contributed by atoms with Gasteiger partial charge in [-0.05, 0) is 62.9 Å². The molecule has 0 bridgehead atoms. The Labute approximate surface area is 196 Å². The van der Waals surface area contributed by atoms with Gasteiger partial charge in [0.05, 0.1) is 11.8 Å². The lowest BCUT2D eigenvalue weighted by Gasteiger charge is -2.40. The van der Waals surface area contributed by atoms with Crippen molar-refractivity contribution in [2.75, 3.05) is 26.7 Å². The van der Waals surface area contributed by atoms with Crippen molar-refractivity contribution in [1.82, 2.24) is 14.8 Å². The van der Waals surface area contributed by atoms with Crippen molar-refractivity contribution in [2.45, 2.75) is 58.4 Å². The molecule has 0 saturated heterocycles. The van der Waals surface area contributed by atoms with Gasteiger partial charge in [0, 0.05) is 42.8 Å². The van der Waals surface area contributed by atoms with Crippen LogP contribution in [0.1, 0.15) is 57.1 Å².